The maximum atomic E-state index is 11.6. The highest BCUT2D eigenvalue weighted by Gasteiger charge is 2.03. The summed E-state index contributed by atoms with van der Waals surface area (Å²) in [4.78, 5) is 15.8. The van der Waals surface area contributed by atoms with Crippen LogP contribution in [0.5, 0.6) is 0 Å². The number of hydrogen-bond acceptors (Lipinski definition) is 4. The molecule has 2 aromatic heterocycles. The standard InChI is InChI=1S/C8H8N4O/c1-5-11-7-4-10-9-3-6(7)8(13)12(5)2/h3-4H,1-2H3. The molecule has 0 spiro atoms. The summed E-state index contributed by atoms with van der Waals surface area (Å²) in [6.45, 7) is 1.78. The highest BCUT2D eigenvalue weighted by atomic mass is 16.1. The normalized spacial score (nSPS) is 10.6. The number of aryl methyl sites for hydroxylation is 1. The Hall–Kier alpha value is -1.78. The van der Waals surface area contributed by atoms with E-state index in [9.17, 15) is 4.79 Å². The molecule has 66 valence electrons. The molecule has 0 aliphatic carbocycles. The van der Waals surface area contributed by atoms with Crippen molar-refractivity contribution in [2.45, 2.75) is 6.92 Å². The van der Waals surface area contributed by atoms with Crippen molar-refractivity contribution in [1.29, 1.82) is 0 Å². The number of rotatable bonds is 0. The number of nitrogens with zero attached hydrogens (tertiary/aromatic N) is 4. The molecule has 2 aromatic rings. The fourth-order valence-corrected chi connectivity index (χ4v) is 1.15. The lowest BCUT2D eigenvalue weighted by molar-refractivity contribution is 0.789. The van der Waals surface area contributed by atoms with Crippen LogP contribution in [0.4, 0.5) is 0 Å². The van der Waals surface area contributed by atoms with Crippen LogP contribution in [-0.2, 0) is 7.05 Å². The molecule has 5 nitrogen and oxygen atoms in total. The Balaban J connectivity index is 3.03. The minimum absolute atomic E-state index is 0.0857. The lowest BCUT2D eigenvalue weighted by Crippen LogP contribution is -2.20. The summed E-state index contributed by atoms with van der Waals surface area (Å²) in [6.07, 6.45) is 2.92. The molecule has 0 aliphatic heterocycles. The SMILES string of the molecule is Cc1nc2cnncc2c(=O)n1C. The Morgan fingerprint density at radius 1 is 1.31 bits per heavy atom. The van der Waals surface area contributed by atoms with Crippen LogP contribution in [0.25, 0.3) is 10.9 Å². The highest BCUT2D eigenvalue weighted by molar-refractivity contribution is 5.75. The van der Waals surface area contributed by atoms with Crippen LogP contribution < -0.4 is 5.56 Å². The van der Waals surface area contributed by atoms with Gasteiger partial charge in [-0.2, -0.15) is 10.2 Å². The summed E-state index contributed by atoms with van der Waals surface area (Å²) in [7, 11) is 1.69. The summed E-state index contributed by atoms with van der Waals surface area (Å²) in [5, 5.41) is 7.81. The van der Waals surface area contributed by atoms with Gasteiger partial charge in [-0.1, -0.05) is 0 Å². The maximum absolute atomic E-state index is 11.6. The van der Waals surface area contributed by atoms with E-state index < -0.39 is 0 Å². The van der Waals surface area contributed by atoms with Crippen molar-refractivity contribution in [1.82, 2.24) is 19.7 Å². The molecule has 13 heavy (non-hydrogen) atoms. The van der Waals surface area contributed by atoms with E-state index >= 15 is 0 Å². The number of fused-ring (bicyclic) bond motifs is 1. The zero-order chi connectivity index (χ0) is 9.42. The van der Waals surface area contributed by atoms with Gasteiger partial charge in [0.25, 0.3) is 5.56 Å². The van der Waals surface area contributed by atoms with Gasteiger partial charge in [-0.25, -0.2) is 4.98 Å². The maximum Gasteiger partial charge on any atom is 0.262 e. The Morgan fingerprint density at radius 3 is 2.77 bits per heavy atom. The molecule has 0 saturated heterocycles. The van der Waals surface area contributed by atoms with Crippen LogP contribution >= 0.6 is 0 Å². The van der Waals surface area contributed by atoms with Gasteiger partial charge in [0, 0.05) is 7.05 Å². The van der Waals surface area contributed by atoms with E-state index in [1.807, 2.05) is 0 Å². The number of aromatic nitrogens is 4. The average Bonchev–Trinajstić information content (AvgIpc) is 2.15. The molecule has 2 rings (SSSR count). The van der Waals surface area contributed by atoms with Gasteiger partial charge in [-0.05, 0) is 6.92 Å². The monoisotopic (exact) mass is 176 g/mol. The van der Waals surface area contributed by atoms with Gasteiger partial charge in [-0.3, -0.25) is 9.36 Å². The lowest BCUT2D eigenvalue weighted by Gasteiger charge is -2.02. The van der Waals surface area contributed by atoms with Gasteiger partial charge in [0.1, 0.15) is 5.82 Å². The van der Waals surface area contributed by atoms with Crippen LogP contribution in [0.1, 0.15) is 5.82 Å². The van der Waals surface area contributed by atoms with Crippen LogP contribution in [0, 0.1) is 6.92 Å². The molecule has 0 atom stereocenters. The first-order chi connectivity index (χ1) is 6.20. The Labute approximate surface area is 74.1 Å². The molecule has 0 aliphatic rings. The summed E-state index contributed by atoms with van der Waals surface area (Å²) in [6, 6.07) is 0. The second-order valence-corrected chi connectivity index (χ2v) is 2.81. The van der Waals surface area contributed by atoms with Crippen LogP contribution in [-0.4, -0.2) is 19.7 Å². The molecule has 0 bridgehead atoms. The molecular formula is C8H8N4O. The Morgan fingerprint density at radius 2 is 2.00 bits per heavy atom. The van der Waals surface area contributed by atoms with Crippen LogP contribution in [0.3, 0.4) is 0 Å². The van der Waals surface area contributed by atoms with Crippen molar-refractivity contribution < 1.29 is 0 Å². The third-order valence-electron chi connectivity index (χ3n) is 2.01. The first-order valence-electron chi connectivity index (χ1n) is 3.84. The van der Waals surface area contributed by atoms with Crippen molar-refractivity contribution in [3.05, 3.63) is 28.6 Å². The lowest BCUT2D eigenvalue weighted by atomic mass is 10.3. The van der Waals surface area contributed by atoms with Gasteiger partial charge >= 0.3 is 0 Å². The minimum Gasteiger partial charge on any atom is -0.299 e. The molecule has 0 saturated carbocycles. The fourth-order valence-electron chi connectivity index (χ4n) is 1.15. The molecule has 0 amide bonds. The van der Waals surface area contributed by atoms with E-state index in [4.69, 9.17) is 0 Å². The first kappa shape index (κ1) is 7.85. The fraction of sp³-hybridized carbons (Fsp3) is 0.250. The van der Waals surface area contributed by atoms with Gasteiger partial charge in [0.05, 0.1) is 23.3 Å². The third-order valence-corrected chi connectivity index (χ3v) is 2.01. The predicted octanol–water partition coefficient (Wildman–Crippen LogP) is 0.0319. The minimum atomic E-state index is -0.0857. The second kappa shape index (κ2) is 2.62. The zero-order valence-corrected chi connectivity index (χ0v) is 7.35. The number of hydrogen-bond donors (Lipinski definition) is 0. The average molecular weight is 176 g/mol. The van der Waals surface area contributed by atoms with Gasteiger partial charge in [0.2, 0.25) is 0 Å². The van der Waals surface area contributed by atoms with Crippen molar-refractivity contribution >= 4 is 10.9 Å². The van der Waals surface area contributed by atoms with Crippen molar-refractivity contribution in [2.75, 3.05) is 0 Å². The molecular weight excluding hydrogens is 168 g/mol. The molecule has 0 unspecified atom stereocenters. The van der Waals surface area contributed by atoms with Gasteiger partial charge in [0.15, 0.2) is 0 Å². The predicted molar refractivity (Wildman–Crippen MR) is 47.3 cm³/mol. The summed E-state index contributed by atoms with van der Waals surface area (Å²) < 4.78 is 1.49. The van der Waals surface area contributed by atoms with E-state index in [0.717, 1.165) is 0 Å². The van der Waals surface area contributed by atoms with Gasteiger partial charge < -0.3 is 0 Å². The highest BCUT2D eigenvalue weighted by Crippen LogP contribution is 2.02. The third kappa shape index (κ3) is 1.09. The zero-order valence-electron chi connectivity index (χ0n) is 7.35. The van der Waals surface area contributed by atoms with Crippen molar-refractivity contribution in [3.63, 3.8) is 0 Å². The van der Waals surface area contributed by atoms with Crippen LogP contribution in [0.2, 0.25) is 0 Å². The van der Waals surface area contributed by atoms with E-state index in [1.165, 1.54) is 17.0 Å². The van der Waals surface area contributed by atoms with Gasteiger partial charge in [-0.15, -0.1) is 0 Å². The summed E-state index contributed by atoms with van der Waals surface area (Å²) in [5.41, 5.74) is 0.507. The smallest absolute Gasteiger partial charge is 0.262 e. The molecule has 0 radical (unpaired) electrons. The molecule has 2 heterocycles. The largest absolute Gasteiger partial charge is 0.299 e. The van der Waals surface area contributed by atoms with Crippen LogP contribution in [0.15, 0.2) is 17.2 Å². The van der Waals surface area contributed by atoms with Crippen molar-refractivity contribution in [2.24, 2.45) is 7.05 Å². The van der Waals surface area contributed by atoms with E-state index in [1.54, 1.807) is 14.0 Å². The Kier molecular flexibility index (Phi) is 1.58. The van der Waals surface area contributed by atoms with Crippen molar-refractivity contribution in [3.8, 4) is 0 Å². The van der Waals surface area contributed by atoms with E-state index in [2.05, 4.69) is 15.2 Å². The molecule has 0 aromatic carbocycles. The summed E-state index contributed by atoms with van der Waals surface area (Å²) >= 11 is 0. The molecule has 5 heteroatoms. The summed E-state index contributed by atoms with van der Waals surface area (Å²) in [5.74, 6) is 0.672. The Bertz CT molecular complexity index is 517. The van der Waals surface area contributed by atoms with E-state index in [0.29, 0.717) is 16.7 Å². The quantitative estimate of drug-likeness (QED) is 0.568. The second-order valence-electron chi connectivity index (χ2n) is 2.81. The first-order valence-corrected chi connectivity index (χ1v) is 3.84. The topological polar surface area (TPSA) is 60.7 Å². The molecule has 0 N–H and O–H groups in total. The molecule has 0 fully saturated rings. The van der Waals surface area contributed by atoms with E-state index in [-0.39, 0.29) is 5.56 Å².